The van der Waals surface area contributed by atoms with E-state index >= 15 is 0 Å². The van der Waals surface area contributed by atoms with Gasteiger partial charge in [-0.25, -0.2) is 4.98 Å². The van der Waals surface area contributed by atoms with Crippen LogP contribution in [0.1, 0.15) is 12.5 Å². The second kappa shape index (κ2) is 5.94. The van der Waals surface area contributed by atoms with E-state index in [0.29, 0.717) is 6.54 Å². The molecule has 0 radical (unpaired) electrons. The van der Waals surface area contributed by atoms with E-state index in [1.165, 1.54) is 6.07 Å². The fourth-order valence-electron chi connectivity index (χ4n) is 1.93. The third-order valence-electron chi connectivity index (χ3n) is 2.80. The SMILES string of the molecule is Cc1cnc(OCC2CNCC(C)O2)c([N+](=O)[O-])c1. The minimum absolute atomic E-state index is 0.0393. The van der Waals surface area contributed by atoms with Crippen molar-refractivity contribution in [3.63, 3.8) is 0 Å². The molecule has 1 aliphatic rings. The van der Waals surface area contributed by atoms with Gasteiger partial charge < -0.3 is 14.8 Å². The average molecular weight is 267 g/mol. The standard InChI is InChI=1S/C12H17N3O4/c1-8-3-11(15(16)17)12(14-4-8)18-7-10-6-13-5-9(2)19-10/h3-4,9-10,13H,5-7H2,1-2H3. The lowest BCUT2D eigenvalue weighted by molar-refractivity contribution is -0.386. The predicted octanol–water partition coefficient (Wildman–Crippen LogP) is 1.05. The van der Waals surface area contributed by atoms with Gasteiger partial charge in [0.15, 0.2) is 0 Å². The van der Waals surface area contributed by atoms with Crippen LogP contribution < -0.4 is 10.1 Å². The molecule has 1 N–H and O–H groups in total. The molecule has 0 aliphatic carbocycles. The maximum Gasteiger partial charge on any atom is 0.331 e. The molecule has 2 heterocycles. The van der Waals surface area contributed by atoms with Crippen LogP contribution in [0.4, 0.5) is 5.69 Å². The van der Waals surface area contributed by atoms with E-state index in [0.717, 1.165) is 12.1 Å². The van der Waals surface area contributed by atoms with Gasteiger partial charge in [-0.3, -0.25) is 10.1 Å². The maximum atomic E-state index is 10.9. The lowest BCUT2D eigenvalue weighted by Gasteiger charge is -2.28. The highest BCUT2D eigenvalue weighted by Gasteiger charge is 2.22. The monoisotopic (exact) mass is 267 g/mol. The molecule has 2 atom stereocenters. The van der Waals surface area contributed by atoms with Crippen molar-refractivity contribution in [3.05, 3.63) is 27.9 Å². The van der Waals surface area contributed by atoms with E-state index in [1.807, 2.05) is 6.92 Å². The van der Waals surface area contributed by atoms with Crippen LogP contribution in [0, 0.1) is 17.0 Å². The Morgan fingerprint density at radius 3 is 3.11 bits per heavy atom. The predicted molar refractivity (Wildman–Crippen MR) is 68.3 cm³/mol. The Kier molecular flexibility index (Phi) is 4.28. The molecule has 1 aromatic heterocycles. The minimum Gasteiger partial charge on any atom is -0.470 e. The Bertz CT molecular complexity index is 466. The first-order valence-electron chi connectivity index (χ1n) is 6.16. The molecule has 0 saturated carbocycles. The van der Waals surface area contributed by atoms with Crippen LogP contribution in [-0.4, -0.2) is 41.8 Å². The second-order valence-corrected chi connectivity index (χ2v) is 4.63. The van der Waals surface area contributed by atoms with Crippen LogP contribution in [-0.2, 0) is 4.74 Å². The zero-order valence-corrected chi connectivity index (χ0v) is 11.0. The molecule has 104 valence electrons. The highest BCUT2D eigenvalue weighted by atomic mass is 16.6. The van der Waals surface area contributed by atoms with Crippen LogP contribution in [0.5, 0.6) is 5.88 Å². The number of pyridine rings is 1. The van der Waals surface area contributed by atoms with Crippen molar-refractivity contribution in [2.75, 3.05) is 19.7 Å². The molecule has 0 aromatic carbocycles. The van der Waals surface area contributed by atoms with Gasteiger partial charge in [-0.2, -0.15) is 0 Å². The molecule has 0 spiro atoms. The number of rotatable bonds is 4. The summed E-state index contributed by atoms with van der Waals surface area (Å²) in [6, 6.07) is 1.45. The summed E-state index contributed by atoms with van der Waals surface area (Å²) in [6.45, 7) is 5.43. The fraction of sp³-hybridized carbons (Fsp3) is 0.583. The van der Waals surface area contributed by atoms with Gasteiger partial charge >= 0.3 is 5.69 Å². The van der Waals surface area contributed by atoms with Crippen molar-refractivity contribution in [2.45, 2.75) is 26.1 Å². The van der Waals surface area contributed by atoms with Crippen molar-refractivity contribution in [3.8, 4) is 5.88 Å². The molecule has 19 heavy (non-hydrogen) atoms. The number of nitrogens with one attached hydrogen (secondary N) is 1. The first kappa shape index (κ1) is 13.7. The number of hydrogen-bond acceptors (Lipinski definition) is 6. The first-order chi connectivity index (χ1) is 9.06. The Morgan fingerprint density at radius 1 is 1.63 bits per heavy atom. The lowest BCUT2D eigenvalue weighted by Crippen LogP contribution is -2.45. The van der Waals surface area contributed by atoms with Crippen molar-refractivity contribution in [1.82, 2.24) is 10.3 Å². The normalized spacial score (nSPS) is 23.1. The summed E-state index contributed by atoms with van der Waals surface area (Å²) in [4.78, 5) is 14.4. The number of ether oxygens (including phenoxy) is 2. The smallest absolute Gasteiger partial charge is 0.331 e. The average Bonchev–Trinajstić information content (AvgIpc) is 2.37. The number of nitro groups is 1. The van der Waals surface area contributed by atoms with Gasteiger partial charge in [0.25, 0.3) is 5.88 Å². The maximum absolute atomic E-state index is 10.9. The molecule has 7 heteroatoms. The largest absolute Gasteiger partial charge is 0.470 e. The molecule has 0 amide bonds. The Hall–Kier alpha value is -1.73. The number of hydrogen-bond donors (Lipinski definition) is 1. The summed E-state index contributed by atoms with van der Waals surface area (Å²) in [5.74, 6) is 0.0393. The number of aromatic nitrogens is 1. The van der Waals surface area contributed by atoms with Gasteiger partial charge in [-0.15, -0.1) is 0 Å². The summed E-state index contributed by atoms with van der Waals surface area (Å²) in [7, 11) is 0. The molecular weight excluding hydrogens is 250 g/mol. The number of aryl methyl sites for hydroxylation is 1. The molecular formula is C12H17N3O4. The molecule has 1 saturated heterocycles. The van der Waals surface area contributed by atoms with E-state index < -0.39 is 4.92 Å². The first-order valence-corrected chi connectivity index (χ1v) is 6.16. The lowest BCUT2D eigenvalue weighted by atomic mass is 10.2. The van der Waals surface area contributed by atoms with Crippen LogP contribution in [0.3, 0.4) is 0 Å². The van der Waals surface area contributed by atoms with E-state index in [-0.39, 0.29) is 30.4 Å². The van der Waals surface area contributed by atoms with Crippen LogP contribution >= 0.6 is 0 Å². The Balaban J connectivity index is 2.01. The zero-order chi connectivity index (χ0) is 13.8. The van der Waals surface area contributed by atoms with Gasteiger partial charge in [0.1, 0.15) is 12.7 Å². The fourth-order valence-corrected chi connectivity index (χ4v) is 1.93. The highest BCUT2D eigenvalue weighted by Crippen LogP contribution is 2.25. The quantitative estimate of drug-likeness (QED) is 0.648. The van der Waals surface area contributed by atoms with E-state index in [9.17, 15) is 10.1 Å². The van der Waals surface area contributed by atoms with Crippen molar-refractivity contribution >= 4 is 5.69 Å². The van der Waals surface area contributed by atoms with Crippen LogP contribution in [0.2, 0.25) is 0 Å². The van der Waals surface area contributed by atoms with Gasteiger partial charge in [0.05, 0.1) is 11.0 Å². The molecule has 1 aliphatic heterocycles. The van der Waals surface area contributed by atoms with Gasteiger partial charge in [0, 0.05) is 25.4 Å². The van der Waals surface area contributed by atoms with Gasteiger partial charge in [-0.05, 0) is 19.4 Å². The minimum atomic E-state index is -0.488. The third-order valence-corrected chi connectivity index (χ3v) is 2.80. The summed E-state index contributed by atoms with van der Waals surface area (Å²) >= 11 is 0. The third kappa shape index (κ3) is 3.62. The molecule has 2 unspecified atom stereocenters. The zero-order valence-electron chi connectivity index (χ0n) is 11.0. The van der Waals surface area contributed by atoms with Crippen molar-refractivity contribution in [1.29, 1.82) is 0 Å². The van der Waals surface area contributed by atoms with Crippen molar-refractivity contribution in [2.24, 2.45) is 0 Å². The molecule has 1 fully saturated rings. The molecule has 1 aromatic rings. The molecule has 0 bridgehead atoms. The summed E-state index contributed by atoms with van der Waals surface area (Å²) < 4.78 is 11.1. The summed E-state index contributed by atoms with van der Waals surface area (Å²) in [6.07, 6.45) is 1.54. The molecule has 2 rings (SSSR count). The summed E-state index contributed by atoms with van der Waals surface area (Å²) in [5.41, 5.74) is 0.611. The van der Waals surface area contributed by atoms with Crippen LogP contribution in [0.15, 0.2) is 12.3 Å². The number of nitrogens with zero attached hydrogens (tertiary/aromatic N) is 2. The van der Waals surface area contributed by atoms with E-state index in [1.54, 1.807) is 13.1 Å². The summed E-state index contributed by atoms with van der Waals surface area (Å²) in [5, 5.41) is 14.1. The van der Waals surface area contributed by atoms with Gasteiger partial charge in [-0.1, -0.05) is 0 Å². The highest BCUT2D eigenvalue weighted by molar-refractivity contribution is 5.42. The second-order valence-electron chi connectivity index (χ2n) is 4.63. The Morgan fingerprint density at radius 2 is 2.42 bits per heavy atom. The van der Waals surface area contributed by atoms with E-state index in [2.05, 4.69) is 10.3 Å². The topological polar surface area (TPSA) is 86.5 Å². The van der Waals surface area contributed by atoms with Gasteiger partial charge in [0.2, 0.25) is 0 Å². The number of morpholine rings is 1. The van der Waals surface area contributed by atoms with Crippen LogP contribution in [0.25, 0.3) is 0 Å². The van der Waals surface area contributed by atoms with Crippen molar-refractivity contribution < 1.29 is 14.4 Å². The van der Waals surface area contributed by atoms with E-state index in [4.69, 9.17) is 9.47 Å². The Labute approximate surface area is 111 Å². The molecule has 7 nitrogen and oxygen atoms in total.